The lowest BCUT2D eigenvalue weighted by Gasteiger charge is -2.12. The summed E-state index contributed by atoms with van der Waals surface area (Å²) in [6, 6.07) is 0.849. The molecule has 0 aromatic carbocycles. The molecular formula is C10H18N2. The molecule has 0 radical (unpaired) electrons. The van der Waals surface area contributed by atoms with Crippen LogP contribution >= 0.6 is 0 Å². The van der Waals surface area contributed by atoms with Crippen molar-refractivity contribution in [1.29, 1.82) is 0 Å². The van der Waals surface area contributed by atoms with Gasteiger partial charge in [0.2, 0.25) is 0 Å². The molecule has 1 aliphatic heterocycles. The summed E-state index contributed by atoms with van der Waals surface area (Å²) >= 11 is 0. The molecule has 2 aliphatic rings. The fourth-order valence-corrected chi connectivity index (χ4v) is 1.61. The van der Waals surface area contributed by atoms with Gasteiger partial charge in [0.15, 0.2) is 0 Å². The molecule has 1 heterocycles. The van der Waals surface area contributed by atoms with Crippen molar-refractivity contribution in [3.05, 3.63) is 11.6 Å². The average Bonchev–Trinajstić information content (AvgIpc) is 2.81. The Labute approximate surface area is 74.6 Å². The van der Waals surface area contributed by atoms with Gasteiger partial charge in [0.25, 0.3) is 0 Å². The van der Waals surface area contributed by atoms with E-state index in [1.165, 1.54) is 25.9 Å². The van der Waals surface area contributed by atoms with Gasteiger partial charge in [0, 0.05) is 25.7 Å². The van der Waals surface area contributed by atoms with Crippen molar-refractivity contribution in [2.24, 2.45) is 0 Å². The van der Waals surface area contributed by atoms with Crippen LogP contribution in [0.3, 0.4) is 0 Å². The molecule has 2 rings (SSSR count). The Kier molecular flexibility index (Phi) is 2.47. The van der Waals surface area contributed by atoms with Crippen molar-refractivity contribution >= 4 is 0 Å². The van der Waals surface area contributed by atoms with Crippen molar-refractivity contribution in [2.45, 2.75) is 25.8 Å². The van der Waals surface area contributed by atoms with E-state index < -0.39 is 0 Å². The lowest BCUT2D eigenvalue weighted by molar-refractivity contribution is 0.366. The van der Waals surface area contributed by atoms with Crippen molar-refractivity contribution < 1.29 is 0 Å². The van der Waals surface area contributed by atoms with E-state index >= 15 is 0 Å². The minimum absolute atomic E-state index is 0.849. The van der Waals surface area contributed by atoms with Crippen LogP contribution in [0, 0.1) is 0 Å². The van der Waals surface area contributed by atoms with Gasteiger partial charge in [0.05, 0.1) is 0 Å². The molecule has 2 nitrogen and oxygen atoms in total. The summed E-state index contributed by atoms with van der Waals surface area (Å²) in [5.41, 5.74) is 1.59. The van der Waals surface area contributed by atoms with Gasteiger partial charge in [-0.3, -0.25) is 4.90 Å². The number of hydrogen-bond acceptors (Lipinski definition) is 2. The molecule has 68 valence electrons. The second-order valence-corrected chi connectivity index (χ2v) is 3.85. The van der Waals surface area contributed by atoms with E-state index in [1.54, 1.807) is 5.57 Å². The number of nitrogens with zero attached hydrogens (tertiary/aromatic N) is 1. The fraction of sp³-hybridized carbons (Fsp3) is 0.800. The highest BCUT2D eigenvalue weighted by molar-refractivity contribution is 5.13. The molecule has 0 aromatic rings. The molecule has 1 aliphatic carbocycles. The third-order valence-electron chi connectivity index (χ3n) is 2.71. The van der Waals surface area contributed by atoms with Crippen LogP contribution in [-0.4, -0.2) is 37.1 Å². The molecule has 0 atom stereocenters. The maximum absolute atomic E-state index is 3.55. The summed E-state index contributed by atoms with van der Waals surface area (Å²) in [6.07, 6.45) is 5.16. The van der Waals surface area contributed by atoms with E-state index in [4.69, 9.17) is 0 Å². The Balaban J connectivity index is 1.67. The lowest BCUT2D eigenvalue weighted by atomic mass is 10.3. The normalized spacial score (nSPS) is 24.6. The predicted octanol–water partition coefficient (Wildman–Crippen LogP) is 1.00. The third-order valence-corrected chi connectivity index (χ3v) is 2.71. The second kappa shape index (κ2) is 3.58. The van der Waals surface area contributed by atoms with Crippen LogP contribution in [0.25, 0.3) is 0 Å². The van der Waals surface area contributed by atoms with Crippen LogP contribution in [-0.2, 0) is 0 Å². The minimum Gasteiger partial charge on any atom is -0.310 e. The van der Waals surface area contributed by atoms with Crippen LogP contribution in [0.2, 0.25) is 0 Å². The van der Waals surface area contributed by atoms with E-state index in [1.807, 2.05) is 0 Å². The molecule has 0 amide bonds. The summed E-state index contributed by atoms with van der Waals surface area (Å²) in [4.78, 5) is 2.46. The first-order valence-electron chi connectivity index (χ1n) is 5.02. The van der Waals surface area contributed by atoms with E-state index in [2.05, 4.69) is 23.2 Å². The van der Waals surface area contributed by atoms with Gasteiger partial charge in [-0.25, -0.2) is 0 Å². The van der Waals surface area contributed by atoms with Crippen LogP contribution in [0.4, 0.5) is 0 Å². The largest absolute Gasteiger partial charge is 0.310 e. The zero-order valence-corrected chi connectivity index (χ0v) is 7.84. The molecule has 0 aromatic heterocycles. The van der Waals surface area contributed by atoms with Crippen molar-refractivity contribution in [3.63, 3.8) is 0 Å². The minimum atomic E-state index is 0.849. The topological polar surface area (TPSA) is 15.3 Å². The molecule has 2 heteroatoms. The third kappa shape index (κ3) is 2.08. The molecule has 1 saturated carbocycles. The Morgan fingerprint density at radius 1 is 1.58 bits per heavy atom. The van der Waals surface area contributed by atoms with Crippen LogP contribution in [0.5, 0.6) is 0 Å². The molecule has 0 saturated heterocycles. The SMILES string of the molecule is CCN1CC=C(CNC2CC2)C1. The number of rotatable bonds is 4. The Hall–Kier alpha value is -0.340. The van der Waals surface area contributed by atoms with Gasteiger partial charge >= 0.3 is 0 Å². The quantitative estimate of drug-likeness (QED) is 0.627. The second-order valence-electron chi connectivity index (χ2n) is 3.85. The van der Waals surface area contributed by atoms with Gasteiger partial charge in [-0.1, -0.05) is 13.0 Å². The lowest BCUT2D eigenvalue weighted by Crippen LogP contribution is -2.24. The fourth-order valence-electron chi connectivity index (χ4n) is 1.61. The molecule has 1 fully saturated rings. The first-order chi connectivity index (χ1) is 5.88. The summed E-state index contributed by atoms with van der Waals surface area (Å²) in [6.45, 7) is 6.89. The molecule has 0 unspecified atom stereocenters. The number of nitrogens with one attached hydrogen (secondary N) is 1. The smallest absolute Gasteiger partial charge is 0.0209 e. The predicted molar refractivity (Wildman–Crippen MR) is 51.2 cm³/mol. The highest BCUT2D eigenvalue weighted by Crippen LogP contribution is 2.19. The highest BCUT2D eigenvalue weighted by atomic mass is 15.1. The molecular weight excluding hydrogens is 148 g/mol. The van der Waals surface area contributed by atoms with Gasteiger partial charge < -0.3 is 5.32 Å². The van der Waals surface area contributed by atoms with Crippen molar-refractivity contribution in [2.75, 3.05) is 26.2 Å². The first kappa shape index (κ1) is 8.27. The maximum Gasteiger partial charge on any atom is 0.0209 e. The van der Waals surface area contributed by atoms with Gasteiger partial charge in [-0.15, -0.1) is 0 Å². The zero-order valence-electron chi connectivity index (χ0n) is 7.84. The standard InChI is InChI=1S/C10H18N2/c1-2-12-6-5-9(8-12)7-11-10-3-4-10/h5,10-11H,2-4,6-8H2,1H3. The van der Waals surface area contributed by atoms with Gasteiger partial charge in [-0.2, -0.15) is 0 Å². The molecule has 0 bridgehead atoms. The Morgan fingerprint density at radius 3 is 3.00 bits per heavy atom. The Morgan fingerprint density at radius 2 is 2.42 bits per heavy atom. The molecule has 1 N–H and O–H groups in total. The first-order valence-corrected chi connectivity index (χ1v) is 5.02. The summed E-state index contributed by atoms with van der Waals surface area (Å²) < 4.78 is 0. The maximum atomic E-state index is 3.55. The molecule has 0 spiro atoms. The highest BCUT2D eigenvalue weighted by Gasteiger charge is 2.21. The summed E-state index contributed by atoms with van der Waals surface area (Å²) in [5.74, 6) is 0. The summed E-state index contributed by atoms with van der Waals surface area (Å²) in [7, 11) is 0. The zero-order chi connectivity index (χ0) is 8.39. The van der Waals surface area contributed by atoms with E-state index in [9.17, 15) is 0 Å². The van der Waals surface area contributed by atoms with Gasteiger partial charge in [0.1, 0.15) is 0 Å². The van der Waals surface area contributed by atoms with Crippen LogP contribution in [0.15, 0.2) is 11.6 Å². The Bertz CT molecular complexity index is 182. The summed E-state index contributed by atoms with van der Waals surface area (Å²) in [5, 5.41) is 3.55. The number of likely N-dealkylation sites (N-methyl/N-ethyl adjacent to an activating group) is 1. The van der Waals surface area contributed by atoms with E-state index in [0.29, 0.717) is 0 Å². The van der Waals surface area contributed by atoms with Crippen molar-refractivity contribution in [1.82, 2.24) is 10.2 Å². The van der Waals surface area contributed by atoms with E-state index in [0.717, 1.165) is 19.1 Å². The van der Waals surface area contributed by atoms with Crippen LogP contribution < -0.4 is 5.32 Å². The number of hydrogen-bond donors (Lipinski definition) is 1. The van der Waals surface area contributed by atoms with E-state index in [-0.39, 0.29) is 0 Å². The molecule has 12 heavy (non-hydrogen) atoms. The van der Waals surface area contributed by atoms with Crippen LogP contribution in [0.1, 0.15) is 19.8 Å². The monoisotopic (exact) mass is 166 g/mol. The van der Waals surface area contributed by atoms with Crippen molar-refractivity contribution in [3.8, 4) is 0 Å². The van der Waals surface area contributed by atoms with Gasteiger partial charge in [-0.05, 0) is 25.0 Å². The average molecular weight is 166 g/mol.